The monoisotopic (exact) mass is 987 g/mol. The Morgan fingerprint density at radius 2 is 0.986 bits per heavy atom. The van der Waals surface area contributed by atoms with E-state index in [-0.39, 0.29) is 24.9 Å². The van der Waals surface area contributed by atoms with Crippen LogP contribution < -0.4 is 10.2 Å². The number of ether oxygens (including phenoxy) is 1. The zero-order valence-electron chi connectivity index (χ0n) is 45.5. The van der Waals surface area contributed by atoms with Gasteiger partial charge in [0.1, 0.15) is 19.3 Å². The van der Waals surface area contributed by atoms with Crippen molar-refractivity contribution < 1.29 is 37.3 Å². The van der Waals surface area contributed by atoms with Gasteiger partial charge in [-0.05, 0) is 83.1 Å². The van der Waals surface area contributed by atoms with E-state index >= 15 is 0 Å². The Kier molecular flexibility index (Phi) is 47.2. The fraction of sp³-hybridized carbons (Fsp3) is 0.763. The second-order valence-corrected chi connectivity index (χ2v) is 21.5. The van der Waals surface area contributed by atoms with Crippen molar-refractivity contribution in [3.8, 4) is 0 Å². The number of nitrogens with one attached hydrogen (secondary N) is 1. The summed E-state index contributed by atoms with van der Waals surface area (Å²) in [5, 5.41) is 3.01. The summed E-state index contributed by atoms with van der Waals surface area (Å²) in [6, 6.07) is -0.902. The van der Waals surface area contributed by atoms with Crippen molar-refractivity contribution in [3.63, 3.8) is 0 Å². The normalized spacial score (nSPS) is 14.4. The van der Waals surface area contributed by atoms with Crippen molar-refractivity contribution in [1.82, 2.24) is 5.32 Å². The molecule has 0 saturated heterocycles. The molecule has 0 rings (SSSR count). The van der Waals surface area contributed by atoms with Gasteiger partial charge in [-0.15, -0.1) is 0 Å². The number of likely N-dealkylation sites (N-methyl/N-ethyl adjacent to an activating group) is 1. The Bertz CT molecular complexity index is 1420. The highest BCUT2D eigenvalue weighted by Gasteiger charge is 2.27. The SMILES string of the molecule is CC/C=C/C=C/C=C\CCCCCCCC(=O)OC(/C=C\CCCCCCCCCCCCC)C(COP(=O)([O-])OCC[N+](C)(C)C)NC(=O)CCCCCCCCC/C=C\C/C=C\CCCCC. The summed E-state index contributed by atoms with van der Waals surface area (Å²) >= 11 is 0. The number of phosphoric acid groups is 1. The standard InChI is InChI=1S/C59H107N2O7P/c1-7-10-13-16-19-22-25-28-29-30-31-34-36-39-42-45-48-51-58(62)60-56(55-67-69(64,65)66-54-53-61(4,5)6)57(50-47-44-41-38-35-32-26-23-20-17-14-11-8-2)68-59(63)52-49-46-43-40-37-33-27-24-21-18-15-12-9-3/h12,15,18-19,21-22,24,27-29,47,50,56-57H,7-11,13-14,16-17,20,23,25-26,30-46,48-49,51-55H2,1-6H3,(H-,60,62,64,65)/b15-12+,21-18+,22-19-,27-24-,29-28-,50-47-. The molecule has 1 amide bonds. The molecule has 0 aliphatic rings. The van der Waals surface area contributed by atoms with Gasteiger partial charge in [0.05, 0.1) is 33.8 Å². The second kappa shape index (κ2) is 49.0. The molecule has 400 valence electrons. The second-order valence-electron chi connectivity index (χ2n) is 20.1. The van der Waals surface area contributed by atoms with Crippen molar-refractivity contribution in [3.05, 3.63) is 72.9 Å². The quantitative estimate of drug-likeness (QED) is 0.0161. The predicted molar refractivity (Wildman–Crippen MR) is 293 cm³/mol. The van der Waals surface area contributed by atoms with E-state index in [0.717, 1.165) is 96.3 Å². The fourth-order valence-electron chi connectivity index (χ4n) is 7.79. The fourth-order valence-corrected chi connectivity index (χ4v) is 8.51. The van der Waals surface area contributed by atoms with Crippen LogP contribution in [0.2, 0.25) is 0 Å². The first-order chi connectivity index (χ1) is 33.4. The molecule has 0 spiro atoms. The molecule has 0 aliphatic carbocycles. The Hall–Kier alpha value is -2.55. The number of quaternary nitrogens is 1. The van der Waals surface area contributed by atoms with Crippen LogP contribution in [0.25, 0.3) is 0 Å². The largest absolute Gasteiger partial charge is 0.756 e. The number of hydrogen-bond acceptors (Lipinski definition) is 7. The highest BCUT2D eigenvalue weighted by molar-refractivity contribution is 7.45. The average Bonchev–Trinajstić information content (AvgIpc) is 3.31. The molecule has 3 atom stereocenters. The maximum Gasteiger partial charge on any atom is 0.306 e. The van der Waals surface area contributed by atoms with Gasteiger partial charge < -0.3 is 28.5 Å². The lowest BCUT2D eigenvalue weighted by molar-refractivity contribution is -0.870. The van der Waals surface area contributed by atoms with Gasteiger partial charge in [0.2, 0.25) is 5.91 Å². The Labute approximate surface area is 425 Å². The third-order valence-electron chi connectivity index (χ3n) is 12.2. The van der Waals surface area contributed by atoms with Crippen molar-refractivity contribution in [1.29, 1.82) is 0 Å². The summed E-state index contributed by atoms with van der Waals surface area (Å²) in [6.45, 7) is 6.66. The summed E-state index contributed by atoms with van der Waals surface area (Å²) in [7, 11) is 1.16. The van der Waals surface area contributed by atoms with E-state index in [1.54, 1.807) is 0 Å². The molecule has 0 bridgehead atoms. The van der Waals surface area contributed by atoms with E-state index in [9.17, 15) is 19.0 Å². The van der Waals surface area contributed by atoms with Gasteiger partial charge in [0.15, 0.2) is 0 Å². The summed E-state index contributed by atoms with van der Waals surface area (Å²) in [4.78, 5) is 39.8. The van der Waals surface area contributed by atoms with Gasteiger partial charge in [0.25, 0.3) is 7.82 Å². The van der Waals surface area contributed by atoms with E-state index in [4.69, 9.17) is 13.8 Å². The summed E-state index contributed by atoms with van der Waals surface area (Å²) in [6.07, 6.45) is 61.5. The minimum atomic E-state index is -4.70. The summed E-state index contributed by atoms with van der Waals surface area (Å²) in [5.74, 6) is -0.576. The summed E-state index contributed by atoms with van der Waals surface area (Å²) < 4.78 is 30.2. The molecule has 0 heterocycles. The van der Waals surface area contributed by atoms with Crippen LogP contribution >= 0.6 is 7.82 Å². The minimum absolute atomic E-state index is 0.0300. The Morgan fingerprint density at radius 1 is 0.536 bits per heavy atom. The zero-order valence-corrected chi connectivity index (χ0v) is 46.4. The van der Waals surface area contributed by atoms with Gasteiger partial charge in [-0.3, -0.25) is 14.2 Å². The van der Waals surface area contributed by atoms with Gasteiger partial charge in [-0.25, -0.2) is 0 Å². The molecule has 0 aromatic heterocycles. The maximum absolute atomic E-state index is 13.5. The molecule has 1 N–H and O–H groups in total. The number of esters is 1. The third kappa shape index (κ3) is 50.2. The van der Waals surface area contributed by atoms with Crippen LogP contribution in [0.5, 0.6) is 0 Å². The molecule has 0 aromatic carbocycles. The highest BCUT2D eigenvalue weighted by Crippen LogP contribution is 2.38. The van der Waals surface area contributed by atoms with Crippen LogP contribution in [0.15, 0.2) is 72.9 Å². The first-order valence-electron chi connectivity index (χ1n) is 28.3. The number of hydrogen-bond donors (Lipinski definition) is 1. The third-order valence-corrected chi connectivity index (χ3v) is 13.1. The number of unbranched alkanes of at least 4 members (excludes halogenated alkanes) is 26. The molecular weight excluding hydrogens is 880 g/mol. The molecule has 0 saturated carbocycles. The predicted octanol–water partition coefficient (Wildman–Crippen LogP) is 16.3. The Balaban J connectivity index is 5.41. The van der Waals surface area contributed by atoms with Crippen molar-refractivity contribution >= 4 is 19.7 Å². The molecular formula is C59H107N2O7P. The lowest BCUT2D eigenvalue weighted by Crippen LogP contribution is -2.47. The molecule has 3 unspecified atom stereocenters. The minimum Gasteiger partial charge on any atom is -0.756 e. The lowest BCUT2D eigenvalue weighted by Gasteiger charge is -2.30. The number of carbonyl (C=O) groups is 2. The van der Waals surface area contributed by atoms with E-state index in [1.807, 2.05) is 39.4 Å². The average molecular weight is 987 g/mol. The molecule has 0 aliphatic heterocycles. The first kappa shape index (κ1) is 66.5. The number of allylic oxidation sites excluding steroid dienone is 11. The summed E-state index contributed by atoms with van der Waals surface area (Å²) in [5.41, 5.74) is 0. The van der Waals surface area contributed by atoms with Gasteiger partial charge in [-0.1, -0.05) is 216 Å². The van der Waals surface area contributed by atoms with E-state index in [0.29, 0.717) is 23.9 Å². The van der Waals surface area contributed by atoms with Crippen LogP contribution in [-0.4, -0.2) is 69.4 Å². The number of carbonyl (C=O) groups excluding carboxylic acids is 2. The number of amides is 1. The number of nitrogens with zero attached hydrogens (tertiary/aromatic N) is 1. The topological polar surface area (TPSA) is 114 Å². The van der Waals surface area contributed by atoms with Crippen LogP contribution in [0.4, 0.5) is 0 Å². The number of rotatable bonds is 50. The van der Waals surface area contributed by atoms with Crippen molar-refractivity contribution in [2.45, 2.75) is 251 Å². The number of phosphoric ester groups is 1. The maximum atomic E-state index is 13.5. The lowest BCUT2D eigenvalue weighted by atomic mass is 10.0. The van der Waals surface area contributed by atoms with Gasteiger partial charge in [-0.2, -0.15) is 0 Å². The molecule has 10 heteroatoms. The van der Waals surface area contributed by atoms with Crippen LogP contribution in [0, 0.1) is 0 Å². The first-order valence-corrected chi connectivity index (χ1v) is 29.7. The molecule has 0 radical (unpaired) electrons. The smallest absolute Gasteiger partial charge is 0.306 e. The molecule has 0 fully saturated rings. The molecule has 0 aromatic rings. The van der Waals surface area contributed by atoms with Gasteiger partial charge in [0, 0.05) is 12.8 Å². The van der Waals surface area contributed by atoms with Crippen LogP contribution in [0.1, 0.15) is 239 Å². The molecule has 69 heavy (non-hydrogen) atoms. The van der Waals surface area contributed by atoms with Crippen molar-refractivity contribution in [2.75, 3.05) is 40.9 Å². The van der Waals surface area contributed by atoms with E-state index in [1.165, 1.54) is 103 Å². The Morgan fingerprint density at radius 3 is 1.52 bits per heavy atom. The van der Waals surface area contributed by atoms with Crippen molar-refractivity contribution in [2.24, 2.45) is 0 Å². The highest BCUT2D eigenvalue weighted by atomic mass is 31.2. The van der Waals surface area contributed by atoms with E-state index < -0.39 is 26.6 Å². The van der Waals surface area contributed by atoms with Gasteiger partial charge >= 0.3 is 5.97 Å². The zero-order chi connectivity index (χ0) is 50.8. The van der Waals surface area contributed by atoms with Crippen LogP contribution in [-0.2, 0) is 27.9 Å². The van der Waals surface area contributed by atoms with E-state index in [2.05, 4.69) is 80.8 Å². The molecule has 9 nitrogen and oxygen atoms in total. The van der Waals surface area contributed by atoms with Crippen LogP contribution in [0.3, 0.4) is 0 Å².